The Morgan fingerprint density at radius 3 is 2.89 bits per heavy atom. The second kappa shape index (κ2) is 9.56. The Balaban J connectivity index is 1.09. The van der Waals surface area contributed by atoms with Gasteiger partial charge in [-0.25, -0.2) is 4.98 Å². The maximum Gasteiger partial charge on any atom is 0.320 e. The van der Waals surface area contributed by atoms with Crippen LogP contribution < -0.4 is 4.74 Å². The summed E-state index contributed by atoms with van der Waals surface area (Å²) < 4.78 is 12.8. The molecule has 6 rings (SSSR count). The molecule has 1 aromatic carbocycles. The summed E-state index contributed by atoms with van der Waals surface area (Å²) in [6.45, 7) is 3.66. The molecule has 0 aliphatic carbocycles. The molecule has 2 saturated heterocycles. The lowest BCUT2D eigenvalue weighted by atomic mass is 9.95. The third-order valence-corrected chi connectivity index (χ3v) is 8.11. The molecule has 9 heteroatoms. The van der Waals surface area contributed by atoms with Crippen molar-refractivity contribution in [2.45, 2.75) is 50.7 Å². The second-order valence-electron chi connectivity index (χ2n) is 9.42. The summed E-state index contributed by atoms with van der Waals surface area (Å²) in [6.07, 6.45) is 8.48. The highest BCUT2D eigenvalue weighted by molar-refractivity contribution is 7.20. The molecule has 8 nitrogen and oxygen atoms in total. The molecule has 2 aliphatic heterocycles. The van der Waals surface area contributed by atoms with E-state index in [2.05, 4.69) is 19.8 Å². The molecule has 3 aromatic heterocycles. The van der Waals surface area contributed by atoms with Crippen molar-refractivity contribution in [3.05, 3.63) is 48.4 Å². The lowest BCUT2D eigenvalue weighted by Crippen LogP contribution is -2.53. The van der Waals surface area contributed by atoms with Crippen molar-refractivity contribution in [1.29, 1.82) is 0 Å². The maximum absolute atomic E-state index is 11.7. The first-order valence-electron chi connectivity index (χ1n) is 12.2. The normalized spacial score (nSPS) is 20.5. The van der Waals surface area contributed by atoms with Crippen LogP contribution in [0.3, 0.4) is 0 Å². The van der Waals surface area contributed by atoms with Crippen LogP contribution in [0, 0.1) is 0 Å². The van der Waals surface area contributed by atoms with Crippen molar-refractivity contribution in [2.75, 3.05) is 19.6 Å². The number of rotatable bonds is 6. The molecule has 5 heterocycles. The number of hydrogen-bond acceptors (Lipinski definition) is 8. The van der Waals surface area contributed by atoms with Gasteiger partial charge in [0.15, 0.2) is 5.65 Å². The fourth-order valence-corrected chi connectivity index (χ4v) is 6.24. The molecular formula is C26H28N4O4S. The molecular weight excluding hydrogens is 464 g/mol. The molecule has 4 aromatic rings. The number of carboxylic acid groups (broad SMARTS) is 1. The van der Waals surface area contributed by atoms with Crippen molar-refractivity contribution in [3.8, 4) is 10.9 Å². The van der Waals surface area contributed by atoms with Crippen LogP contribution in [0.25, 0.3) is 21.3 Å². The van der Waals surface area contributed by atoms with Gasteiger partial charge >= 0.3 is 5.97 Å². The third kappa shape index (κ3) is 4.63. The Morgan fingerprint density at radius 2 is 2.06 bits per heavy atom. The monoisotopic (exact) mass is 492 g/mol. The number of pyridine rings is 1. The number of carboxylic acids is 1. The summed E-state index contributed by atoms with van der Waals surface area (Å²) in [5, 5.41) is 11.3. The van der Waals surface area contributed by atoms with E-state index in [0.717, 1.165) is 79.5 Å². The number of benzene rings is 1. The van der Waals surface area contributed by atoms with Gasteiger partial charge in [-0.3, -0.25) is 14.6 Å². The number of ether oxygens (including phenoxy) is 1. The summed E-state index contributed by atoms with van der Waals surface area (Å²) in [5.41, 5.74) is 2.65. The Morgan fingerprint density at radius 1 is 1.17 bits per heavy atom. The molecule has 0 spiro atoms. The highest BCUT2D eigenvalue weighted by Crippen LogP contribution is 2.33. The minimum Gasteiger partial charge on any atom is -0.480 e. The van der Waals surface area contributed by atoms with Crippen LogP contribution in [0.5, 0.6) is 10.9 Å². The number of thiazole rings is 1. The SMILES string of the molecule is O=C(O)C1CCCCN1C1CCN(Cc2coc3cc(Oc4nc5ncccc5s4)ccc23)CC1. The van der Waals surface area contributed by atoms with Crippen molar-refractivity contribution in [2.24, 2.45) is 0 Å². The number of furan rings is 1. The number of aromatic nitrogens is 2. The fourth-order valence-electron chi connectivity index (χ4n) is 5.45. The van der Waals surface area contributed by atoms with Gasteiger partial charge in [0, 0.05) is 35.8 Å². The highest BCUT2D eigenvalue weighted by Gasteiger charge is 2.35. The molecule has 0 amide bonds. The summed E-state index contributed by atoms with van der Waals surface area (Å²) >= 11 is 1.47. The lowest BCUT2D eigenvalue weighted by Gasteiger charge is -2.43. The summed E-state index contributed by atoms with van der Waals surface area (Å²) in [7, 11) is 0. The zero-order valence-corrected chi connectivity index (χ0v) is 20.2. The van der Waals surface area contributed by atoms with Gasteiger partial charge in [-0.1, -0.05) is 17.8 Å². The van der Waals surface area contributed by atoms with Crippen LogP contribution in [0.1, 0.15) is 37.7 Å². The van der Waals surface area contributed by atoms with Crippen molar-refractivity contribution < 1.29 is 19.1 Å². The minimum atomic E-state index is -0.667. The van der Waals surface area contributed by atoms with Crippen LogP contribution in [0.15, 0.2) is 47.2 Å². The quantitative estimate of drug-likeness (QED) is 0.396. The molecule has 1 unspecified atom stereocenters. The number of likely N-dealkylation sites (tertiary alicyclic amines) is 2. The smallest absolute Gasteiger partial charge is 0.320 e. The van der Waals surface area contributed by atoms with Crippen LogP contribution in [0.2, 0.25) is 0 Å². The largest absolute Gasteiger partial charge is 0.480 e. The van der Waals surface area contributed by atoms with Gasteiger partial charge < -0.3 is 14.3 Å². The minimum absolute atomic E-state index is 0.312. The van der Waals surface area contributed by atoms with E-state index >= 15 is 0 Å². The number of nitrogens with zero attached hydrogens (tertiary/aromatic N) is 4. The van der Waals surface area contributed by atoms with E-state index in [1.807, 2.05) is 36.6 Å². The van der Waals surface area contributed by atoms with Gasteiger partial charge in [-0.2, -0.15) is 4.98 Å². The third-order valence-electron chi connectivity index (χ3n) is 7.23. The molecule has 1 N–H and O–H groups in total. The second-order valence-corrected chi connectivity index (χ2v) is 10.4. The van der Waals surface area contributed by atoms with Crippen molar-refractivity contribution in [3.63, 3.8) is 0 Å². The van der Waals surface area contributed by atoms with Gasteiger partial charge in [0.1, 0.15) is 17.4 Å². The zero-order chi connectivity index (χ0) is 23.8. The van der Waals surface area contributed by atoms with Crippen LogP contribution in [0.4, 0.5) is 0 Å². The van der Waals surface area contributed by atoms with Crippen molar-refractivity contribution >= 4 is 38.6 Å². The van der Waals surface area contributed by atoms with E-state index in [1.54, 1.807) is 6.20 Å². The number of fused-ring (bicyclic) bond motifs is 2. The Bertz CT molecular complexity index is 1310. The molecule has 0 bridgehead atoms. The van der Waals surface area contributed by atoms with E-state index in [0.29, 0.717) is 22.6 Å². The predicted octanol–water partition coefficient (Wildman–Crippen LogP) is 5.13. The molecule has 182 valence electrons. The van der Waals surface area contributed by atoms with Gasteiger partial charge in [0.05, 0.1) is 11.0 Å². The van der Waals surface area contributed by atoms with Gasteiger partial charge in [0.25, 0.3) is 5.19 Å². The number of piperidine rings is 2. The topological polar surface area (TPSA) is 91.9 Å². The van der Waals surface area contributed by atoms with Gasteiger partial charge in [-0.05, 0) is 69.6 Å². The van der Waals surface area contributed by atoms with Gasteiger partial charge in [0.2, 0.25) is 0 Å². The predicted molar refractivity (Wildman–Crippen MR) is 134 cm³/mol. The molecule has 0 radical (unpaired) electrons. The average molecular weight is 493 g/mol. The Labute approximate surface area is 207 Å². The first-order valence-corrected chi connectivity index (χ1v) is 13.1. The summed E-state index contributed by atoms with van der Waals surface area (Å²) in [4.78, 5) is 25.1. The van der Waals surface area contributed by atoms with E-state index in [4.69, 9.17) is 9.15 Å². The van der Waals surface area contributed by atoms with E-state index in [-0.39, 0.29) is 6.04 Å². The summed E-state index contributed by atoms with van der Waals surface area (Å²) in [5.74, 6) is 0.0212. The van der Waals surface area contributed by atoms with Crippen molar-refractivity contribution in [1.82, 2.24) is 19.8 Å². The highest BCUT2D eigenvalue weighted by atomic mass is 32.1. The van der Waals surface area contributed by atoms with Gasteiger partial charge in [-0.15, -0.1) is 0 Å². The van der Waals surface area contributed by atoms with E-state index in [9.17, 15) is 9.90 Å². The number of carbonyl (C=O) groups is 1. The number of hydrogen-bond donors (Lipinski definition) is 1. The number of aliphatic carboxylic acids is 1. The zero-order valence-electron chi connectivity index (χ0n) is 19.4. The molecule has 1 atom stereocenters. The maximum atomic E-state index is 11.7. The molecule has 2 fully saturated rings. The van der Waals surface area contributed by atoms with Crippen LogP contribution in [-0.4, -0.2) is 62.6 Å². The first kappa shape index (κ1) is 22.5. The summed E-state index contributed by atoms with van der Waals surface area (Å²) in [6, 6.07) is 9.84. The van der Waals surface area contributed by atoms with E-state index in [1.165, 1.54) is 11.3 Å². The average Bonchev–Trinajstić information content (AvgIpc) is 3.47. The van der Waals surface area contributed by atoms with Crippen LogP contribution >= 0.6 is 11.3 Å². The van der Waals surface area contributed by atoms with Crippen LogP contribution in [-0.2, 0) is 11.3 Å². The standard InChI is InChI=1S/C26H28N4O4S/c31-25(32)21-4-1-2-11-30(21)18-8-12-29(13-9-18)15-17-16-33-22-14-19(6-7-20(17)22)34-26-28-24-23(35-26)5-3-10-27-24/h3,5-7,10,14,16,18,21H,1-2,4,8-9,11-13,15H2,(H,31,32). The fraction of sp³-hybridized carbons (Fsp3) is 0.423. The molecule has 0 saturated carbocycles. The first-order chi connectivity index (χ1) is 17.1. The lowest BCUT2D eigenvalue weighted by molar-refractivity contribution is -0.146. The molecule has 2 aliphatic rings. The Hall–Kier alpha value is -3.01. The Kier molecular flexibility index (Phi) is 6.13. The molecule has 35 heavy (non-hydrogen) atoms. The van der Waals surface area contributed by atoms with E-state index < -0.39 is 5.97 Å².